The van der Waals surface area contributed by atoms with Crippen LogP contribution >= 0.6 is 0 Å². The molecule has 31 heavy (non-hydrogen) atoms. The van der Waals surface area contributed by atoms with Crippen molar-refractivity contribution in [1.82, 2.24) is 0 Å². The van der Waals surface area contributed by atoms with Crippen molar-refractivity contribution in [3.8, 4) is 11.1 Å². The van der Waals surface area contributed by atoms with E-state index in [1.807, 2.05) is 0 Å². The molecule has 0 saturated carbocycles. The fourth-order valence-corrected chi connectivity index (χ4v) is 3.80. The van der Waals surface area contributed by atoms with Crippen LogP contribution in [0.15, 0.2) is 91.0 Å². The first-order valence-electron chi connectivity index (χ1n) is 10.8. The Morgan fingerprint density at radius 1 is 0.581 bits per heavy atom. The molecule has 0 fully saturated rings. The average Bonchev–Trinajstić information content (AvgIpc) is 2.79. The van der Waals surface area contributed by atoms with Crippen molar-refractivity contribution in [1.29, 1.82) is 0 Å². The van der Waals surface area contributed by atoms with Crippen LogP contribution in [0.1, 0.15) is 22.3 Å². The summed E-state index contributed by atoms with van der Waals surface area (Å²) in [5.74, 6) is 0. The van der Waals surface area contributed by atoms with Gasteiger partial charge in [0.05, 0.1) is 0 Å². The molecular formula is C29H29NO. The van der Waals surface area contributed by atoms with Crippen molar-refractivity contribution in [3.05, 3.63) is 113 Å². The number of anilines is 3. The molecule has 2 nitrogen and oxygen atoms in total. The van der Waals surface area contributed by atoms with E-state index in [4.69, 9.17) is 5.11 Å². The lowest BCUT2D eigenvalue weighted by Crippen LogP contribution is -2.10. The van der Waals surface area contributed by atoms with E-state index in [2.05, 4.69) is 117 Å². The van der Waals surface area contributed by atoms with Crippen LogP contribution in [0.2, 0.25) is 0 Å². The van der Waals surface area contributed by atoms with Crippen LogP contribution in [-0.4, -0.2) is 11.7 Å². The van der Waals surface area contributed by atoms with E-state index in [0.29, 0.717) is 6.42 Å². The highest BCUT2D eigenvalue weighted by Gasteiger charge is 2.13. The van der Waals surface area contributed by atoms with Crippen LogP contribution in [0.3, 0.4) is 0 Å². The van der Waals surface area contributed by atoms with Crippen molar-refractivity contribution in [2.45, 2.75) is 27.2 Å². The van der Waals surface area contributed by atoms with Crippen LogP contribution in [0.4, 0.5) is 17.1 Å². The lowest BCUT2D eigenvalue weighted by atomic mass is 10.0. The van der Waals surface area contributed by atoms with E-state index >= 15 is 0 Å². The maximum absolute atomic E-state index is 9.12. The number of hydrogen-bond donors (Lipinski definition) is 1. The molecule has 0 radical (unpaired) electrons. The van der Waals surface area contributed by atoms with Gasteiger partial charge < -0.3 is 10.0 Å². The van der Waals surface area contributed by atoms with Gasteiger partial charge in [-0.05, 0) is 91.4 Å². The van der Waals surface area contributed by atoms with Crippen LogP contribution in [-0.2, 0) is 6.42 Å². The van der Waals surface area contributed by atoms with Crippen LogP contribution in [0.5, 0.6) is 0 Å². The monoisotopic (exact) mass is 407 g/mol. The Balaban J connectivity index is 1.71. The van der Waals surface area contributed by atoms with Crippen molar-refractivity contribution < 1.29 is 5.11 Å². The number of aliphatic hydroxyl groups excluding tert-OH is 1. The SMILES string of the molecule is Cc1ccc(N(c2ccc(-c3ccc(CCO)cc3)cc2)c2ccc(C)c(C)c2)cc1. The Labute approximate surface area is 185 Å². The average molecular weight is 408 g/mol. The van der Waals surface area contributed by atoms with Gasteiger partial charge in [-0.3, -0.25) is 0 Å². The summed E-state index contributed by atoms with van der Waals surface area (Å²) < 4.78 is 0. The quantitative estimate of drug-likeness (QED) is 0.363. The van der Waals surface area contributed by atoms with Gasteiger partial charge in [0.2, 0.25) is 0 Å². The Bertz CT molecular complexity index is 1140. The second-order valence-corrected chi connectivity index (χ2v) is 8.16. The molecule has 0 aliphatic heterocycles. The summed E-state index contributed by atoms with van der Waals surface area (Å²) in [7, 11) is 0. The van der Waals surface area contributed by atoms with Gasteiger partial charge >= 0.3 is 0 Å². The molecule has 2 heteroatoms. The molecule has 0 atom stereocenters. The maximum atomic E-state index is 9.12. The number of benzene rings is 4. The Hall–Kier alpha value is -3.36. The first-order chi connectivity index (χ1) is 15.0. The fourth-order valence-electron chi connectivity index (χ4n) is 3.80. The predicted molar refractivity (Wildman–Crippen MR) is 132 cm³/mol. The summed E-state index contributed by atoms with van der Waals surface area (Å²) in [6.45, 7) is 6.61. The molecule has 0 aromatic heterocycles. The van der Waals surface area contributed by atoms with E-state index in [1.54, 1.807) is 0 Å². The topological polar surface area (TPSA) is 23.5 Å². The number of hydrogen-bond acceptors (Lipinski definition) is 2. The van der Waals surface area contributed by atoms with E-state index < -0.39 is 0 Å². The van der Waals surface area contributed by atoms with Gasteiger partial charge in [-0.2, -0.15) is 0 Å². The summed E-state index contributed by atoms with van der Waals surface area (Å²) in [6.07, 6.45) is 0.695. The second kappa shape index (κ2) is 9.20. The zero-order valence-electron chi connectivity index (χ0n) is 18.5. The Morgan fingerprint density at radius 2 is 1.10 bits per heavy atom. The summed E-state index contributed by atoms with van der Waals surface area (Å²) in [5.41, 5.74) is 10.8. The van der Waals surface area contributed by atoms with Gasteiger partial charge in [0.1, 0.15) is 0 Å². The Morgan fingerprint density at radius 3 is 1.65 bits per heavy atom. The highest BCUT2D eigenvalue weighted by atomic mass is 16.2. The molecule has 0 aliphatic carbocycles. The molecule has 0 aliphatic rings. The predicted octanol–water partition coefficient (Wildman–Crippen LogP) is 7.28. The molecule has 0 saturated heterocycles. The summed E-state index contributed by atoms with van der Waals surface area (Å²) in [4.78, 5) is 2.31. The molecule has 0 unspecified atom stereocenters. The van der Waals surface area contributed by atoms with Crippen LogP contribution < -0.4 is 4.90 Å². The van der Waals surface area contributed by atoms with Crippen molar-refractivity contribution in [3.63, 3.8) is 0 Å². The first-order valence-corrected chi connectivity index (χ1v) is 10.8. The minimum Gasteiger partial charge on any atom is -0.396 e. The van der Waals surface area contributed by atoms with Gasteiger partial charge in [0, 0.05) is 23.7 Å². The molecule has 4 aromatic carbocycles. The summed E-state index contributed by atoms with van der Waals surface area (Å²) in [6, 6.07) is 32.5. The van der Waals surface area contributed by atoms with Gasteiger partial charge in [-0.15, -0.1) is 0 Å². The van der Waals surface area contributed by atoms with E-state index in [1.165, 1.54) is 27.8 Å². The Kier molecular flexibility index (Phi) is 6.20. The van der Waals surface area contributed by atoms with Crippen LogP contribution in [0.25, 0.3) is 11.1 Å². The summed E-state index contributed by atoms with van der Waals surface area (Å²) >= 11 is 0. The molecule has 0 bridgehead atoms. The van der Waals surface area contributed by atoms with Gasteiger partial charge in [-0.25, -0.2) is 0 Å². The lowest BCUT2D eigenvalue weighted by Gasteiger charge is -2.26. The molecular weight excluding hydrogens is 378 g/mol. The highest BCUT2D eigenvalue weighted by Crippen LogP contribution is 2.36. The van der Waals surface area contributed by atoms with E-state index in [9.17, 15) is 0 Å². The number of nitrogens with zero attached hydrogens (tertiary/aromatic N) is 1. The van der Waals surface area contributed by atoms with Gasteiger partial charge in [0.15, 0.2) is 0 Å². The minimum absolute atomic E-state index is 0.182. The van der Waals surface area contributed by atoms with E-state index in [0.717, 1.165) is 22.6 Å². The van der Waals surface area contributed by atoms with Gasteiger partial charge in [0.25, 0.3) is 0 Å². The van der Waals surface area contributed by atoms with E-state index in [-0.39, 0.29) is 6.61 Å². The largest absolute Gasteiger partial charge is 0.396 e. The zero-order chi connectivity index (χ0) is 21.8. The number of aryl methyl sites for hydroxylation is 3. The third-order valence-corrected chi connectivity index (χ3v) is 5.85. The van der Waals surface area contributed by atoms with Crippen molar-refractivity contribution in [2.75, 3.05) is 11.5 Å². The lowest BCUT2D eigenvalue weighted by molar-refractivity contribution is 0.299. The van der Waals surface area contributed by atoms with Gasteiger partial charge in [-0.1, -0.05) is 60.2 Å². The maximum Gasteiger partial charge on any atom is 0.0471 e. The number of aliphatic hydroxyl groups is 1. The molecule has 4 rings (SSSR count). The van der Waals surface area contributed by atoms with Crippen LogP contribution in [0, 0.1) is 20.8 Å². The first kappa shape index (κ1) is 20.9. The molecule has 0 heterocycles. The number of rotatable bonds is 6. The molecule has 4 aromatic rings. The van der Waals surface area contributed by atoms with Crippen molar-refractivity contribution >= 4 is 17.1 Å². The fraction of sp³-hybridized carbons (Fsp3) is 0.172. The zero-order valence-corrected chi connectivity index (χ0v) is 18.5. The second-order valence-electron chi connectivity index (χ2n) is 8.16. The van der Waals surface area contributed by atoms with Crippen molar-refractivity contribution in [2.24, 2.45) is 0 Å². The molecule has 0 amide bonds. The summed E-state index contributed by atoms with van der Waals surface area (Å²) in [5, 5.41) is 9.12. The standard InChI is InChI=1S/C29H29NO/c1-21-4-13-27(14-5-21)30(29-15-6-22(2)23(3)20-29)28-16-11-26(12-17-28)25-9-7-24(8-10-25)18-19-31/h4-17,20,31H,18-19H2,1-3H3. The molecule has 0 spiro atoms. The minimum atomic E-state index is 0.182. The molecule has 1 N–H and O–H groups in total. The smallest absolute Gasteiger partial charge is 0.0471 e. The third-order valence-electron chi connectivity index (χ3n) is 5.85. The molecule has 156 valence electrons. The third kappa shape index (κ3) is 4.70. The highest BCUT2D eigenvalue weighted by molar-refractivity contribution is 5.78. The normalized spacial score (nSPS) is 10.8.